The molecule has 0 atom stereocenters. The number of nitrogens with zero attached hydrogens (tertiary/aromatic N) is 6. The summed E-state index contributed by atoms with van der Waals surface area (Å²) in [6.07, 6.45) is 0. The number of azo groups is 3. The molecule has 20 heteroatoms. The van der Waals surface area contributed by atoms with Crippen LogP contribution in [0.1, 0.15) is 31.1 Å². The Labute approximate surface area is 371 Å². The molecule has 65 heavy (non-hydrogen) atoms. The summed E-state index contributed by atoms with van der Waals surface area (Å²) in [5, 5.41) is 33.0. The molecule has 0 aromatic heterocycles. The number of benzene rings is 7. The highest BCUT2D eigenvalue weighted by molar-refractivity contribution is 7.86. The molecule has 3 amide bonds. The molecule has 18 nitrogen and oxygen atoms in total. The first-order valence-corrected chi connectivity index (χ1v) is 21.9. The van der Waals surface area contributed by atoms with Gasteiger partial charge in [-0.25, -0.2) is 0 Å². The summed E-state index contributed by atoms with van der Waals surface area (Å²) in [5.41, 5.74) is 3.74. The Morgan fingerprint density at radius 2 is 0.569 bits per heavy atom. The van der Waals surface area contributed by atoms with Gasteiger partial charge in [-0.05, 0) is 152 Å². The molecular weight excluding hydrogens is 875 g/mol. The highest BCUT2D eigenvalue weighted by Crippen LogP contribution is 2.26. The fraction of sp³-hybridized carbons (Fsp3) is 0. The van der Waals surface area contributed by atoms with Crippen LogP contribution in [0.2, 0.25) is 0 Å². The molecule has 0 aliphatic heterocycles. The fourth-order valence-electron chi connectivity index (χ4n) is 5.68. The molecule has 0 bridgehead atoms. The quantitative estimate of drug-likeness (QED) is 0.0512. The van der Waals surface area contributed by atoms with Crippen LogP contribution in [0.4, 0.5) is 51.2 Å². The van der Waals surface area contributed by atoms with Gasteiger partial charge in [-0.2, -0.15) is 47.5 Å². The van der Waals surface area contributed by atoms with Gasteiger partial charge in [0, 0.05) is 33.8 Å². The molecule has 0 saturated heterocycles. The lowest BCUT2D eigenvalue weighted by Gasteiger charge is -2.12. The van der Waals surface area contributed by atoms with Gasteiger partial charge in [0.2, 0.25) is 0 Å². The summed E-state index contributed by atoms with van der Waals surface area (Å²) >= 11 is 0. The zero-order valence-corrected chi connectivity index (χ0v) is 35.1. The predicted molar refractivity (Wildman–Crippen MR) is 241 cm³/mol. The van der Waals surface area contributed by atoms with E-state index in [1.54, 1.807) is 72.8 Å². The van der Waals surface area contributed by atoms with Crippen molar-refractivity contribution in [1.29, 1.82) is 0 Å². The van der Waals surface area contributed by atoms with Crippen molar-refractivity contribution in [3.05, 3.63) is 187 Å². The molecule has 0 aliphatic rings. The molecule has 0 unspecified atom stereocenters. The number of carbonyl (C=O) groups is 3. The van der Waals surface area contributed by atoms with Crippen molar-refractivity contribution in [2.75, 3.05) is 16.0 Å². The van der Waals surface area contributed by atoms with Crippen LogP contribution in [-0.2, 0) is 20.2 Å². The minimum Gasteiger partial charge on any atom is -0.322 e. The highest BCUT2D eigenvalue weighted by atomic mass is 32.2. The maximum atomic E-state index is 13.7. The van der Waals surface area contributed by atoms with E-state index in [0.29, 0.717) is 51.2 Å². The lowest BCUT2D eigenvalue weighted by atomic mass is 10.0. The van der Waals surface area contributed by atoms with Crippen molar-refractivity contribution in [3.63, 3.8) is 0 Å². The van der Waals surface area contributed by atoms with E-state index in [-0.39, 0.29) is 26.5 Å². The van der Waals surface area contributed by atoms with Gasteiger partial charge in [0.15, 0.2) is 0 Å². The SMILES string of the molecule is O=C(Nc1ccc(N=Nc2ccccc2)cc1)c1cc(C(=O)Nc2ccc(N=Nc3ccc(S(=O)(=O)O)cc3)cc2)cc(C(=O)Nc2ccc(N=Nc3ccc(S(=O)(=O)O)cc3)cc2)c1. The number of nitrogens with one attached hydrogen (secondary N) is 3. The summed E-state index contributed by atoms with van der Waals surface area (Å²) in [7, 11) is -8.72. The average molecular weight is 908 g/mol. The molecule has 0 saturated carbocycles. The number of anilines is 3. The van der Waals surface area contributed by atoms with Gasteiger partial charge in [-0.1, -0.05) is 18.2 Å². The predicted octanol–water partition coefficient (Wildman–Crippen LogP) is 11.2. The molecule has 7 rings (SSSR count). The fourth-order valence-corrected chi connectivity index (χ4v) is 6.64. The number of hydrogen-bond donors (Lipinski definition) is 5. The molecule has 0 fully saturated rings. The van der Waals surface area contributed by atoms with Gasteiger partial charge >= 0.3 is 0 Å². The van der Waals surface area contributed by atoms with Gasteiger partial charge in [-0.3, -0.25) is 23.5 Å². The normalized spacial score (nSPS) is 11.8. The van der Waals surface area contributed by atoms with Crippen molar-refractivity contribution < 1.29 is 40.3 Å². The summed E-state index contributed by atoms with van der Waals surface area (Å²) in [4.78, 5) is 40.5. The van der Waals surface area contributed by atoms with E-state index in [1.165, 1.54) is 66.7 Å². The third kappa shape index (κ3) is 12.6. The highest BCUT2D eigenvalue weighted by Gasteiger charge is 2.18. The van der Waals surface area contributed by atoms with Gasteiger partial charge in [0.1, 0.15) is 0 Å². The number of rotatable bonds is 14. The second-order valence-corrected chi connectivity index (χ2v) is 16.5. The molecule has 0 radical (unpaired) electrons. The van der Waals surface area contributed by atoms with E-state index in [4.69, 9.17) is 0 Å². The van der Waals surface area contributed by atoms with Crippen LogP contribution < -0.4 is 16.0 Å². The molecule has 324 valence electrons. The zero-order chi connectivity index (χ0) is 46.0. The first-order chi connectivity index (χ1) is 31.1. The number of hydrogen-bond acceptors (Lipinski definition) is 13. The largest absolute Gasteiger partial charge is 0.322 e. The van der Waals surface area contributed by atoms with Crippen LogP contribution in [0.15, 0.2) is 210 Å². The van der Waals surface area contributed by atoms with E-state index < -0.39 is 38.0 Å². The van der Waals surface area contributed by atoms with Gasteiger partial charge in [0.25, 0.3) is 38.0 Å². The van der Waals surface area contributed by atoms with Crippen LogP contribution in [0.5, 0.6) is 0 Å². The van der Waals surface area contributed by atoms with Gasteiger partial charge < -0.3 is 16.0 Å². The summed E-state index contributed by atoms with van der Waals surface area (Å²) in [6.45, 7) is 0. The topological polar surface area (TPSA) is 270 Å². The number of carbonyl (C=O) groups excluding carboxylic acids is 3. The van der Waals surface area contributed by atoms with Crippen LogP contribution in [-0.4, -0.2) is 43.7 Å². The van der Waals surface area contributed by atoms with Crippen molar-refractivity contribution in [2.24, 2.45) is 30.7 Å². The molecule has 5 N–H and O–H groups in total. The monoisotopic (exact) mass is 907 g/mol. The van der Waals surface area contributed by atoms with Crippen molar-refractivity contribution in [3.8, 4) is 0 Å². The standard InChI is InChI=1S/C45H33N9O9S2/c55-43(46-32-6-12-36(13-7-32)50-49-35-4-2-1-3-5-35)29-26-30(44(56)47-33-8-14-37(15-9-33)51-53-39-18-22-41(23-19-39)64(58,59)60)28-31(27-29)45(57)48-34-10-16-38(17-11-34)52-54-40-20-24-42(25-21-40)65(61,62)63/h1-28H,(H,46,55)(H,47,56)(H,48,57)(H,58,59,60)(H,61,62,63). The Hall–Kier alpha value is -8.43. The van der Waals surface area contributed by atoms with E-state index in [1.807, 2.05) is 30.3 Å². The van der Waals surface area contributed by atoms with Gasteiger partial charge in [0.05, 0.1) is 43.9 Å². The molecule has 0 aliphatic carbocycles. The lowest BCUT2D eigenvalue weighted by molar-refractivity contribution is 0.102. The zero-order valence-electron chi connectivity index (χ0n) is 33.4. The minimum absolute atomic E-state index is 0.00333. The maximum absolute atomic E-state index is 13.7. The summed E-state index contributed by atoms with van der Waals surface area (Å²) in [5.74, 6) is -1.90. The first kappa shape index (κ1) is 44.6. The molecular formula is C45H33N9O9S2. The van der Waals surface area contributed by atoms with E-state index in [2.05, 4.69) is 46.6 Å². The van der Waals surface area contributed by atoms with Crippen LogP contribution >= 0.6 is 0 Å². The number of amides is 3. The van der Waals surface area contributed by atoms with Crippen LogP contribution in [0.25, 0.3) is 0 Å². The molecule has 0 spiro atoms. The minimum atomic E-state index is -4.36. The first-order valence-electron chi connectivity index (χ1n) is 19.0. The van der Waals surface area contributed by atoms with Crippen LogP contribution in [0, 0.1) is 0 Å². The second kappa shape index (κ2) is 19.7. The van der Waals surface area contributed by atoms with Crippen molar-refractivity contribution >= 4 is 89.1 Å². The molecule has 7 aromatic rings. The van der Waals surface area contributed by atoms with Crippen LogP contribution in [0.3, 0.4) is 0 Å². The Kier molecular flexibility index (Phi) is 13.5. The smallest absolute Gasteiger partial charge is 0.294 e. The van der Waals surface area contributed by atoms with Crippen molar-refractivity contribution in [1.82, 2.24) is 0 Å². The molecule has 7 aromatic carbocycles. The second-order valence-electron chi connectivity index (χ2n) is 13.7. The molecule has 0 heterocycles. The van der Waals surface area contributed by atoms with E-state index in [9.17, 15) is 40.3 Å². The maximum Gasteiger partial charge on any atom is 0.294 e. The van der Waals surface area contributed by atoms with Gasteiger partial charge in [-0.15, -0.1) is 0 Å². The Morgan fingerprint density at radius 1 is 0.338 bits per heavy atom. The summed E-state index contributed by atoms with van der Waals surface area (Å²) < 4.78 is 63.6. The third-order valence-corrected chi connectivity index (χ3v) is 10.7. The Morgan fingerprint density at radius 3 is 0.815 bits per heavy atom. The van der Waals surface area contributed by atoms with E-state index >= 15 is 0 Å². The Bertz CT molecular complexity index is 3030. The third-order valence-electron chi connectivity index (χ3n) is 8.96. The lowest BCUT2D eigenvalue weighted by Crippen LogP contribution is -2.19. The van der Waals surface area contributed by atoms with E-state index in [0.717, 1.165) is 0 Å². The summed E-state index contributed by atoms with van der Waals surface area (Å²) in [6, 6.07) is 42.5. The average Bonchev–Trinajstić information content (AvgIpc) is 3.30. The Balaban J connectivity index is 1.07. The van der Waals surface area contributed by atoms with Crippen molar-refractivity contribution in [2.45, 2.75) is 9.79 Å².